The summed E-state index contributed by atoms with van der Waals surface area (Å²) in [5, 5.41) is 13.2. The van der Waals surface area contributed by atoms with Crippen LogP contribution >= 0.6 is 0 Å². The lowest BCUT2D eigenvalue weighted by molar-refractivity contribution is 0.0684. The summed E-state index contributed by atoms with van der Waals surface area (Å²) >= 11 is 0. The van der Waals surface area contributed by atoms with E-state index in [4.69, 9.17) is 5.11 Å². The molecule has 0 radical (unpaired) electrons. The summed E-state index contributed by atoms with van der Waals surface area (Å²) in [6.07, 6.45) is 2.60. The summed E-state index contributed by atoms with van der Waals surface area (Å²) in [6.45, 7) is 3.02. The van der Waals surface area contributed by atoms with Gasteiger partial charge in [0.15, 0.2) is 0 Å². The number of nitrogens with zero attached hydrogens (tertiary/aromatic N) is 2. The van der Waals surface area contributed by atoms with Gasteiger partial charge in [0.1, 0.15) is 5.82 Å². The minimum absolute atomic E-state index is 0.162. The molecule has 0 aliphatic heterocycles. The monoisotopic (exact) mass is 271 g/mol. The molecule has 1 heterocycles. The first-order valence-corrected chi connectivity index (χ1v) is 6.89. The van der Waals surface area contributed by atoms with Crippen LogP contribution in [-0.4, -0.2) is 27.6 Å². The highest BCUT2D eigenvalue weighted by molar-refractivity contribution is 5.93. The highest BCUT2D eigenvalue weighted by atomic mass is 16.4. The number of rotatable bonds is 5. The summed E-state index contributed by atoms with van der Waals surface area (Å²) in [6, 6.07) is 7.46. The zero-order valence-corrected chi connectivity index (χ0v) is 11.3. The van der Waals surface area contributed by atoms with Gasteiger partial charge in [-0.05, 0) is 36.8 Å². The predicted molar refractivity (Wildman–Crippen MR) is 76.9 cm³/mol. The van der Waals surface area contributed by atoms with Gasteiger partial charge in [-0.25, -0.2) is 14.8 Å². The summed E-state index contributed by atoms with van der Waals surface area (Å²) in [4.78, 5) is 19.3. The minimum atomic E-state index is -1.10. The van der Waals surface area contributed by atoms with E-state index in [0.29, 0.717) is 17.3 Å². The molecule has 3 rings (SSSR count). The zero-order chi connectivity index (χ0) is 14.1. The molecule has 1 aliphatic rings. The molecule has 20 heavy (non-hydrogen) atoms. The Morgan fingerprint density at radius 2 is 2.15 bits per heavy atom. The van der Waals surface area contributed by atoms with Crippen LogP contribution in [-0.2, 0) is 0 Å². The number of hydrogen-bond donors (Lipinski definition) is 2. The Labute approximate surface area is 117 Å². The summed E-state index contributed by atoms with van der Waals surface area (Å²) in [5.41, 5.74) is 0.654. The van der Waals surface area contributed by atoms with Crippen LogP contribution < -0.4 is 5.32 Å². The number of hydrogen-bond acceptors (Lipinski definition) is 4. The third kappa shape index (κ3) is 2.57. The molecule has 2 N–H and O–H groups in total. The zero-order valence-electron chi connectivity index (χ0n) is 11.3. The molecule has 1 saturated carbocycles. The average molecular weight is 271 g/mol. The summed E-state index contributed by atoms with van der Waals surface area (Å²) in [7, 11) is 0. The Morgan fingerprint density at radius 1 is 1.40 bits per heavy atom. The second-order valence-electron chi connectivity index (χ2n) is 5.41. The number of para-hydroxylation sites is 1. The molecule has 0 bridgehead atoms. The number of carboxylic acid groups (broad SMARTS) is 1. The van der Waals surface area contributed by atoms with E-state index in [-0.39, 0.29) is 5.82 Å². The Balaban J connectivity index is 1.92. The molecule has 0 saturated heterocycles. The van der Waals surface area contributed by atoms with Crippen molar-refractivity contribution in [1.82, 2.24) is 9.97 Å². The molecular formula is C15H17N3O2. The SMILES string of the molecule is CC(CNc1nc(C(=O)O)nc2ccccc12)C1CC1. The number of aromatic carboxylic acids is 1. The number of carbonyl (C=O) groups is 1. The van der Waals surface area contributed by atoms with Gasteiger partial charge in [-0.15, -0.1) is 0 Å². The van der Waals surface area contributed by atoms with E-state index in [1.165, 1.54) is 12.8 Å². The normalized spacial score (nSPS) is 16.1. The number of carboxylic acids is 1. The molecule has 2 aromatic rings. The number of nitrogens with one attached hydrogen (secondary N) is 1. The fraction of sp³-hybridized carbons (Fsp3) is 0.400. The average Bonchev–Trinajstić information content (AvgIpc) is 3.28. The number of anilines is 1. The molecule has 0 spiro atoms. The van der Waals surface area contributed by atoms with Crippen LogP contribution in [0.1, 0.15) is 30.4 Å². The lowest BCUT2D eigenvalue weighted by Crippen LogP contribution is -2.15. The number of benzene rings is 1. The van der Waals surface area contributed by atoms with Crippen LogP contribution in [0.2, 0.25) is 0 Å². The van der Waals surface area contributed by atoms with Crippen molar-refractivity contribution in [2.45, 2.75) is 19.8 Å². The molecule has 1 unspecified atom stereocenters. The molecule has 1 fully saturated rings. The van der Waals surface area contributed by atoms with Crippen molar-refractivity contribution in [3.63, 3.8) is 0 Å². The third-order valence-corrected chi connectivity index (χ3v) is 3.81. The van der Waals surface area contributed by atoms with Crippen molar-refractivity contribution < 1.29 is 9.90 Å². The third-order valence-electron chi connectivity index (χ3n) is 3.81. The van der Waals surface area contributed by atoms with Gasteiger partial charge in [0.2, 0.25) is 5.82 Å². The molecule has 1 atom stereocenters. The van der Waals surface area contributed by atoms with Gasteiger partial charge in [-0.3, -0.25) is 0 Å². The first-order valence-electron chi connectivity index (χ1n) is 6.89. The summed E-state index contributed by atoms with van der Waals surface area (Å²) < 4.78 is 0. The Kier molecular flexibility index (Phi) is 3.26. The molecule has 5 heteroatoms. The fourth-order valence-electron chi connectivity index (χ4n) is 2.40. The van der Waals surface area contributed by atoms with Crippen molar-refractivity contribution in [3.05, 3.63) is 30.1 Å². The predicted octanol–water partition coefficient (Wildman–Crippen LogP) is 2.79. The second kappa shape index (κ2) is 5.07. The Hall–Kier alpha value is -2.17. The maximum Gasteiger partial charge on any atom is 0.374 e. The highest BCUT2D eigenvalue weighted by Gasteiger charge is 2.27. The first-order chi connectivity index (χ1) is 9.65. The van der Waals surface area contributed by atoms with E-state index in [1.807, 2.05) is 18.2 Å². The van der Waals surface area contributed by atoms with Crippen LogP contribution in [0.25, 0.3) is 10.9 Å². The van der Waals surface area contributed by atoms with Crippen LogP contribution in [0.15, 0.2) is 24.3 Å². The maximum absolute atomic E-state index is 11.1. The number of fused-ring (bicyclic) bond motifs is 1. The second-order valence-corrected chi connectivity index (χ2v) is 5.41. The van der Waals surface area contributed by atoms with Crippen LogP contribution in [0.3, 0.4) is 0 Å². The maximum atomic E-state index is 11.1. The Morgan fingerprint density at radius 3 is 2.85 bits per heavy atom. The molecular weight excluding hydrogens is 254 g/mol. The van der Waals surface area contributed by atoms with E-state index < -0.39 is 5.97 Å². The van der Waals surface area contributed by atoms with Gasteiger partial charge >= 0.3 is 5.97 Å². The standard InChI is InChI=1S/C15H17N3O2/c1-9(10-6-7-10)8-16-13-11-4-2-3-5-12(11)17-14(18-13)15(19)20/h2-5,9-10H,6-8H2,1H3,(H,19,20)(H,16,17,18). The van der Waals surface area contributed by atoms with Gasteiger partial charge in [0, 0.05) is 11.9 Å². The Bertz CT molecular complexity index is 653. The van der Waals surface area contributed by atoms with Gasteiger partial charge in [-0.1, -0.05) is 19.1 Å². The van der Waals surface area contributed by atoms with E-state index in [2.05, 4.69) is 22.2 Å². The lowest BCUT2D eigenvalue weighted by Gasteiger charge is -2.13. The van der Waals surface area contributed by atoms with Gasteiger partial charge < -0.3 is 10.4 Å². The largest absolute Gasteiger partial charge is 0.475 e. The quantitative estimate of drug-likeness (QED) is 0.874. The van der Waals surface area contributed by atoms with E-state index >= 15 is 0 Å². The van der Waals surface area contributed by atoms with Crippen molar-refractivity contribution in [1.29, 1.82) is 0 Å². The lowest BCUT2D eigenvalue weighted by atomic mass is 10.1. The first kappa shape index (κ1) is 12.8. The molecule has 1 aromatic heterocycles. The molecule has 104 valence electrons. The van der Waals surface area contributed by atoms with Crippen LogP contribution in [0.5, 0.6) is 0 Å². The highest BCUT2D eigenvalue weighted by Crippen LogP contribution is 2.36. The van der Waals surface area contributed by atoms with Crippen molar-refractivity contribution in [2.75, 3.05) is 11.9 Å². The van der Waals surface area contributed by atoms with E-state index in [0.717, 1.165) is 17.8 Å². The molecule has 1 aromatic carbocycles. The van der Waals surface area contributed by atoms with Crippen LogP contribution in [0, 0.1) is 11.8 Å². The van der Waals surface area contributed by atoms with E-state index in [1.54, 1.807) is 6.07 Å². The summed E-state index contributed by atoms with van der Waals surface area (Å²) in [5.74, 6) is 0.728. The van der Waals surface area contributed by atoms with Gasteiger partial charge in [0.05, 0.1) is 5.52 Å². The van der Waals surface area contributed by atoms with Crippen molar-refractivity contribution in [3.8, 4) is 0 Å². The topological polar surface area (TPSA) is 75.1 Å². The smallest absolute Gasteiger partial charge is 0.374 e. The molecule has 1 aliphatic carbocycles. The van der Waals surface area contributed by atoms with Crippen molar-refractivity contribution >= 4 is 22.7 Å². The fourth-order valence-corrected chi connectivity index (χ4v) is 2.40. The van der Waals surface area contributed by atoms with Gasteiger partial charge in [-0.2, -0.15) is 0 Å². The number of aromatic nitrogens is 2. The minimum Gasteiger partial charge on any atom is -0.475 e. The molecule has 0 amide bonds. The van der Waals surface area contributed by atoms with Crippen LogP contribution in [0.4, 0.5) is 5.82 Å². The van der Waals surface area contributed by atoms with E-state index in [9.17, 15) is 4.79 Å². The van der Waals surface area contributed by atoms with Crippen molar-refractivity contribution in [2.24, 2.45) is 11.8 Å². The molecule has 5 nitrogen and oxygen atoms in total. The van der Waals surface area contributed by atoms with Gasteiger partial charge in [0.25, 0.3) is 0 Å².